The van der Waals surface area contributed by atoms with Gasteiger partial charge in [0, 0.05) is 26.1 Å². The van der Waals surface area contributed by atoms with E-state index in [-0.39, 0.29) is 25.4 Å². The second-order valence-electron chi connectivity index (χ2n) is 6.15. The van der Waals surface area contributed by atoms with Gasteiger partial charge in [-0.3, -0.25) is 9.59 Å². The van der Waals surface area contributed by atoms with Crippen LogP contribution in [0.1, 0.15) is 26.2 Å². The zero-order chi connectivity index (χ0) is 15.8. The Hall–Kier alpha value is -1.31. The summed E-state index contributed by atoms with van der Waals surface area (Å²) in [6.07, 6.45) is -3.41. The maximum Gasteiger partial charge on any atom is 0.406 e. The van der Waals surface area contributed by atoms with E-state index in [2.05, 4.69) is 0 Å². The number of halogens is 3. The van der Waals surface area contributed by atoms with E-state index >= 15 is 0 Å². The number of carbonyl (C=O) groups is 2. The molecule has 2 heterocycles. The van der Waals surface area contributed by atoms with Crippen molar-refractivity contribution in [3.63, 3.8) is 0 Å². The Balaban J connectivity index is 1.97. The van der Waals surface area contributed by atoms with Crippen LogP contribution in [0.15, 0.2) is 0 Å². The van der Waals surface area contributed by atoms with Crippen molar-refractivity contribution in [3.8, 4) is 0 Å². The van der Waals surface area contributed by atoms with Crippen LogP contribution in [-0.2, 0) is 9.59 Å². The van der Waals surface area contributed by atoms with Gasteiger partial charge in [-0.15, -0.1) is 0 Å². The summed E-state index contributed by atoms with van der Waals surface area (Å²) in [5, 5.41) is 9.97. The van der Waals surface area contributed by atoms with Gasteiger partial charge >= 0.3 is 6.18 Å². The molecule has 0 aliphatic carbocycles. The van der Waals surface area contributed by atoms with E-state index in [0.717, 1.165) is 0 Å². The molecule has 8 heteroatoms. The molecule has 1 N–H and O–H groups in total. The Morgan fingerprint density at radius 1 is 1.48 bits per heavy atom. The summed E-state index contributed by atoms with van der Waals surface area (Å²) >= 11 is 0. The highest BCUT2D eigenvalue weighted by Gasteiger charge is 2.43. The first-order valence-corrected chi connectivity index (χ1v) is 6.93. The third-order valence-corrected chi connectivity index (χ3v) is 3.92. The molecule has 0 aromatic carbocycles. The maximum atomic E-state index is 12.3. The lowest BCUT2D eigenvalue weighted by atomic mass is 9.94. The Kier molecular flexibility index (Phi) is 4.19. The molecule has 5 nitrogen and oxygen atoms in total. The summed E-state index contributed by atoms with van der Waals surface area (Å²) in [4.78, 5) is 26.0. The van der Waals surface area contributed by atoms with Crippen molar-refractivity contribution < 1.29 is 27.9 Å². The molecule has 0 radical (unpaired) electrons. The molecule has 2 amide bonds. The van der Waals surface area contributed by atoms with Crippen molar-refractivity contribution in [2.24, 2.45) is 5.92 Å². The number of piperidine rings is 1. The standard InChI is InChI=1S/C13H19F3N2O3/c1-12(21)3-2-4-17(7-12)11(20)9-5-10(19)18(6-9)8-13(14,15)16/h9,21H,2-8H2,1H3. The van der Waals surface area contributed by atoms with E-state index in [1.54, 1.807) is 6.92 Å². The molecule has 120 valence electrons. The van der Waals surface area contributed by atoms with E-state index in [1.165, 1.54) is 4.90 Å². The number of likely N-dealkylation sites (tertiary alicyclic amines) is 2. The quantitative estimate of drug-likeness (QED) is 0.820. The van der Waals surface area contributed by atoms with E-state index in [1.807, 2.05) is 0 Å². The monoisotopic (exact) mass is 308 g/mol. The van der Waals surface area contributed by atoms with Crippen molar-refractivity contribution in [3.05, 3.63) is 0 Å². The van der Waals surface area contributed by atoms with E-state index in [4.69, 9.17) is 0 Å². The fraction of sp³-hybridized carbons (Fsp3) is 0.846. The predicted molar refractivity (Wildman–Crippen MR) is 67.2 cm³/mol. The third kappa shape index (κ3) is 4.09. The molecule has 0 aromatic heterocycles. The minimum Gasteiger partial charge on any atom is -0.388 e. The first kappa shape index (κ1) is 16.1. The predicted octanol–water partition coefficient (Wildman–Crippen LogP) is 0.771. The van der Waals surface area contributed by atoms with Crippen LogP contribution in [0.3, 0.4) is 0 Å². The van der Waals surface area contributed by atoms with Crippen molar-refractivity contribution in [2.75, 3.05) is 26.2 Å². The molecule has 2 unspecified atom stereocenters. The number of aliphatic hydroxyl groups is 1. The Morgan fingerprint density at radius 2 is 2.14 bits per heavy atom. The Morgan fingerprint density at radius 3 is 2.71 bits per heavy atom. The number of β-amino-alcohol motifs (C(OH)–C–C–N with tert-alkyl or cyclic N) is 1. The summed E-state index contributed by atoms with van der Waals surface area (Å²) in [6, 6.07) is 0. The van der Waals surface area contributed by atoms with Gasteiger partial charge in [-0.1, -0.05) is 0 Å². The number of amides is 2. The van der Waals surface area contributed by atoms with Crippen LogP contribution in [0, 0.1) is 5.92 Å². The molecule has 0 aromatic rings. The second kappa shape index (κ2) is 5.47. The molecule has 0 bridgehead atoms. The van der Waals surface area contributed by atoms with E-state index < -0.39 is 30.1 Å². The van der Waals surface area contributed by atoms with E-state index in [9.17, 15) is 27.9 Å². The molecular formula is C13H19F3N2O3. The number of alkyl halides is 3. The molecule has 2 saturated heterocycles. The molecule has 2 aliphatic heterocycles. The van der Waals surface area contributed by atoms with Crippen LogP contribution in [0.2, 0.25) is 0 Å². The van der Waals surface area contributed by atoms with E-state index in [0.29, 0.717) is 24.3 Å². The lowest BCUT2D eigenvalue weighted by Gasteiger charge is -2.37. The van der Waals surface area contributed by atoms with Crippen LogP contribution in [-0.4, -0.2) is 64.7 Å². The minimum absolute atomic E-state index is 0.162. The van der Waals surface area contributed by atoms with Crippen LogP contribution < -0.4 is 0 Å². The van der Waals surface area contributed by atoms with Gasteiger partial charge in [0.2, 0.25) is 11.8 Å². The minimum atomic E-state index is -4.46. The summed E-state index contributed by atoms with van der Waals surface area (Å²) in [5.41, 5.74) is -0.970. The van der Waals surface area contributed by atoms with Gasteiger partial charge in [-0.25, -0.2) is 0 Å². The highest BCUT2D eigenvalue weighted by molar-refractivity contribution is 5.89. The van der Waals surface area contributed by atoms with Gasteiger partial charge in [-0.05, 0) is 19.8 Å². The van der Waals surface area contributed by atoms with Crippen molar-refractivity contribution in [1.82, 2.24) is 9.80 Å². The number of hydrogen-bond acceptors (Lipinski definition) is 3. The number of rotatable bonds is 2. The van der Waals surface area contributed by atoms with Gasteiger partial charge in [0.1, 0.15) is 6.54 Å². The average Bonchev–Trinajstić information content (AvgIpc) is 2.66. The van der Waals surface area contributed by atoms with Gasteiger partial charge in [-0.2, -0.15) is 13.2 Å². The molecular weight excluding hydrogens is 289 g/mol. The third-order valence-electron chi connectivity index (χ3n) is 3.92. The summed E-state index contributed by atoms with van der Waals surface area (Å²) in [5.74, 6) is -1.73. The molecule has 2 atom stereocenters. The number of hydrogen-bond donors (Lipinski definition) is 1. The fourth-order valence-electron chi connectivity index (χ4n) is 2.97. The topological polar surface area (TPSA) is 60.9 Å². The molecule has 21 heavy (non-hydrogen) atoms. The lowest BCUT2D eigenvalue weighted by Crippen LogP contribution is -2.50. The van der Waals surface area contributed by atoms with Gasteiger partial charge < -0.3 is 14.9 Å². The maximum absolute atomic E-state index is 12.3. The van der Waals surface area contributed by atoms with Gasteiger partial charge in [0.15, 0.2) is 0 Å². The molecule has 2 fully saturated rings. The SMILES string of the molecule is CC1(O)CCCN(C(=O)C2CC(=O)N(CC(F)(F)F)C2)C1. The molecule has 2 aliphatic rings. The smallest absolute Gasteiger partial charge is 0.388 e. The highest BCUT2D eigenvalue weighted by atomic mass is 19.4. The molecule has 0 saturated carbocycles. The van der Waals surface area contributed by atoms with Crippen molar-refractivity contribution in [1.29, 1.82) is 0 Å². The van der Waals surface area contributed by atoms with Crippen LogP contribution in [0.25, 0.3) is 0 Å². The Bertz CT molecular complexity index is 437. The lowest BCUT2D eigenvalue weighted by molar-refractivity contribution is -0.157. The number of nitrogens with zero attached hydrogens (tertiary/aromatic N) is 2. The fourth-order valence-corrected chi connectivity index (χ4v) is 2.97. The first-order chi connectivity index (χ1) is 9.57. The summed E-state index contributed by atoms with van der Waals surface area (Å²) < 4.78 is 37.0. The van der Waals surface area contributed by atoms with Crippen molar-refractivity contribution >= 4 is 11.8 Å². The van der Waals surface area contributed by atoms with Gasteiger partial charge in [0.25, 0.3) is 0 Å². The van der Waals surface area contributed by atoms with Crippen LogP contribution in [0.4, 0.5) is 13.2 Å². The number of carbonyl (C=O) groups excluding carboxylic acids is 2. The average molecular weight is 308 g/mol. The first-order valence-electron chi connectivity index (χ1n) is 6.93. The van der Waals surface area contributed by atoms with Crippen molar-refractivity contribution in [2.45, 2.75) is 38.0 Å². The second-order valence-corrected chi connectivity index (χ2v) is 6.15. The highest BCUT2D eigenvalue weighted by Crippen LogP contribution is 2.27. The molecule has 0 spiro atoms. The van der Waals surface area contributed by atoms with Gasteiger partial charge in [0.05, 0.1) is 11.5 Å². The molecule has 2 rings (SSSR count). The Labute approximate surface area is 120 Å². The van der Waals surface area contributed by atoms with Crippen LogP contribution in [0.5, 0.6) is 0 Å². The summed E-state index contributed by atoms with van der Waals surface area (Å²) in [7, 11) is 0. The zero-order valence-electron chi connectivity index (χ0n) is 11.8. The normalized spacial score (nSPS) is 30.9. The van der Waals surface area contributed by atoms with Crippen LogP contribution >= 0.6 is 0 Å². The largest absolute Gasteiger partial charge is 0.406 e. The summed E-state index contributed by atoms with van der Waals surface area (Å²) in [6.45, 7) is 0.750. The zero-order valence-corrected chi connectivity index (χ0v) is 11.8.